The first kappa shape index (κ1) is 13.0. The summed E-state index contributed by atoms with van der Waals surface area (Å²) in [6.07, 6.45) is 3.97. The van der Waals surface area contributed by atoms with Gasteiger partial charge in [-0.15, -0.1) is 0 Å². The maximum atomic E-state index is 3.63. The number of hydrogen-bond acceptors (Lipinski definition) is 2. The smallest absolute Gasteiger partial charge is 0.0123 e. The van der Waals surface area contributed by atoms with E-state index in [4.69, 9.17) is 0 Å². The minimum absolute atomic E-state index is 0.309. The third-order valence-corrected chi connectivity index (χ3v) is 3.79. The van der Waals surface area contributed by atoms with Gasteiger partial charge < -0.3 is 10.2 Å². The molecule has 1 rings (SSSR count). The van der Waals surface area contributed by atoms with E-state index in [-0.39, 0.29) is 0 Å². The van der Waals surface area contributed by atoms with E-state index in [9.17, 15) is 0 Å². The van der Waals surface area contributed by atoms with Crippen LogP contribution in [0.4, 0.5) is 0 Å². The molecule has 0 aromatic carbocycles. The van der Waals surface area contributed by atoms with Gasteiger partial charge in [0.05, 0.1) is 0 Å². The molecule has 0 bridgehead atoms. The van der Waals surface area contributed by atoms with Gasteiger partial charge in [-0.3, -0.25) is 0 Å². The van der Waals surface area contributed by atoms with Crippen LogP contribution in [0.1, 0.15) is 47.0 Å². The van der Waals surface area contributed by atoms with Crippen LogP contribution in [0.2, 0.25) is 0 Å². The average Bonchev–Trinajstić information content (AvgIpc) is 2.21. The lowest BCUT2D eigenvalue weighted by molar-refractivity contribution is 0.187. The lowest BCUT2D eigenvalue weighted by Gasteiger charge is -2.32. The molecule has 1 N–H and O–H groups in total. The fourth-order valence-corrected chi connectivity index (χ4v) is 1.96. The minimum Gasteiger partial charge on any atom is -0.311 e. The normalized spacial score (nSPS) is 20.8. The molecule has 0 aromatic rings. The standard InChI is InChI=1S/C13H28N2/c1-5-13(3,4)14-8-11-15-9-6-12(2)7-10-15/h12,14H,5-11H2,1-4H3. The second-order valence-corrected chi connectivity index (χ2v) is 5.69. The molecule has 1 saturated heterocycles. The molecule has 1 aliphatic heterocycles. The quantitative estimate of drug-likeness (QED) is 0.753. The largest absolute Gasteiger partial charge is 0.311 e. The molecule has 0 amide bonds. The Morgan fingerprint density at radius 3 is 2.40 bits per heavy atom. The zero-order chi connectivity index (χ0) is 11.3. The molecule has 0 unspecified atom stereocenters. The summed E-state index contributed by atoms with van der Waals surface area (Å²) >= 11 is 0. The Balaban J connectivity index is 2.10. The van der Waals surface area contributed by atoms with Crippen LogP contribution in [0.15, 0.2) is 0 Å². The first-order chi connectivity index (χ1) is 7.03. The lowest BCUT2D eigenvalue weighted by Crippen LogP contribution is -2.44. The van der Waals surface area contributed by atoms with Crippen LogP contribution in [0.5, 0.6) is 0 Å². The summed E-state index contributed by atoms with van der Waals surface area (Å²) in [4.78, 5) is 2.60. The molecule has 0 aliphatic carbocycles. The lowest BCUT2D eigenvalue weighted by atomic mass is 9.99. The third kappa shape index (κ3) is 4.98. The second kappa shape index (κ2) is 5.86. The van der Waals surface area contributed by atoms with Gasteiger partial charge in [0.2, 0.25) is 0 Å². The molecule has 1 fully saturated rings. The Labute approximate surface area is 95.4 Å². The van der Waals surface area contributed by atoms with Crippen molar-refractivity contribution < 1.29 is 0 Å². The molecule has 0 spiro atoms. The molecule has 0 aromatic heterocycles. The second-order valence-electron chi connectivity index (χ2n) is 5.69. The predicted octanol–water partition coefficient (Wildman–Crippen LogP) is 2.50. The molecule has 0 radical (unpaired) electrons. The van der Waals surface area contributed by atoms with E-state index >= 15 is 0 Å². The predicted molar refractivity (Wildman–Crippen MR) is 67.2 cm³/mol. The molecule has 1 heterocycles. The van der Waals surface area contributed by atoms with Gasteiger partial charge in [0.15, 0.2) is 0 Å². The first-order valence-electron chi connectivity index (χ1n) is 6.51. The van der Waals surface area contributed by atoms with Gasteiger partial charge >= 0.3 is 0 Å². The van der Waals surface area contributed by atoms with E-state index in [0.717, 1.165) is 12.5 Å². The minimum atomic E-state index is 0.309. The van der Waals surface area contributed by atoms with Crippen molar-refractivity contribution in [2.45, 2.75) is 52.5 Å². The van der Waals surface area contributed by atoms with Gasteiger partial charge in [-0.25, -0.2) is 0 Å². The van der Waals surface area contributed by atoms with E-state index in [1.54, 1.807) is 0 Å². The third-order valence-electron chi connectivity index (χ3n) is 3.79. The number of piperidine rings is 1. The van der Waals surface area contributed by atoms with Gasteiger partial charge in [0.25, 0.3) is 0 Å². The van der Waals surface area contributed by atoms with Gasteiger partial charge in [0, 0.05) is 18.6 Å². The summed E-state index contributed by atoms with van der Waals surface area (Å²) in [6.45, 7) is 14.1. The van der Waals surface area contributed by atoms with Crippen LogP contribution in [0, 0.1) is 5.92 Å². The highest BCUT2D eigenvalue weighted by atomic mass is 15.1. The fourth-order valence-electron chi connectivity index (χ4n) is 1.96. The Kier molecular flexibility index (Phi) is 5.07. The number of likely N-dealkylation sites (tertiary alicyclic amines) is 1. The number of nitrogens with one attached hydrogen (secondary N) is 1. The van der Waals surface area contributed by atoms with E-state index in [0.29, 0.717) is 5.54 Å². The SMILES string of the molecule is CCC(C)(C)NCCN1CCC(C)CC1. The van der Waals surface area contributed by atoms with Crippen LogP contribution >= 0.6 is 0 Å². The van der Waals surface area contributed by atoms with E-state index < -0.39 is 0 Å². The zero-order valence-electron chi connectivity index (χ0n) is 11.0. The molecule has 0 atom stereocenters. The zero-order valence-corrected chi connectivity index (χ0v) is 11.0. The molecular formula is C13H28N2. The van der Waals surface area contributed by atoms with Crippen molar-refractivity contribution in [1.29, 1.82) is 0 Å². The number of rotatable bonds is 5. The Morgan fingerprint density at radius 1 is 1.27 bits per heavy atom. The van der Waals surface area contributed by atoms with Crippen LogP contribution < -0.4 is 5.32 Å². The maximum absolute atomic E-state index is 3.63. The van der Waals surface area contributed by atoms with Crippen LogP contribution in [0.3, 0.4) is 0 Å². The molecule has 0 saturated carbocycles. The van der Waals surface area contributed by atoms with Crippen LogP contribution in [-0.2, 0) is 0 Å². The van der Waals surface area contributed by atoms with Crippen LogP contribution in [0.25, 0.3) is 0 Å². The molecule has 15 heavy (non-hydrogen) atoms. The Hall–Kier alpha value is -0.0800. The average molecular weight is 212 g/mol. The Morgan fingerprint density at radius 2 is 1.87 bits per heavy atom. The highest BCUT2D eigenvalue weighted by Crippen LogP contribution is 2.15. The topological polar surface area (TPSA) is 15.3 Å². The van der Waals surface area contributed by atoms with Crippen molar-refractivity contribution >= 4 is 0 Å². The van der Waals surface area contributed by atoms with Crippen molar-refractivity contribution in [1.82, 2.24) is 10.2 Å². The van der Waals surface area contributed by atoms with Crippen molar-refractivity contribution in [2.24, 2.45) is 5.92 Å². The van der Waals surface area contributed by atoms with Crippen molar-refractivity contribution in [2.75, 3.05) is 26.2 Å². The van der Waals surface area contributed by atoms with E-state index in [2.05, 4.69) is 37.9 Å². The van der Waals surface area contributed by atoms with Crippen LogP contribution in [-0.4, -0.2) is 36.6 Å². The molecule has 2 nitrogen and oxygen atoms in total. The highest BCUT2D eigenvalue weighted by Gasteiger charge is 2.17. The molecule has 90 valence electrons. The molecular weight excluding hydrogens is 184 g/mol. The molecule has 2 heteroatoms. The summed E-state index contributed by atoms with van der Waals surface area (Å²) in [5.74, 6) is 0.946. The van der Waals surface area contributed by atoms with Gasteiger partial charge in [-0.1, -0.05) is 13.8 Å². The van der Waals surface area contributed by atoms with Gasteiger partial charge in [0.1, 0.15) is 0 Å². The van der Waals surface area contributed by atoms with E-state index in [1.807, 2.05) is 0 Å². The molecule has 1 aliphatic rings. The number of nitrogens with zero attached hydrogens (tertiary/aromatic N) is 1. The summed E-state index contributed by atoms with van der Waals surface area (Å²) < 4.78 is 0. The summed E-state index contributed by atoms with van der Waals surface area (Å²) in [5, 5.41) is 3.63. The highest BCUT2D eigenvalue weighted by molar-refractivity contribution is 4.77. The fraction of sp³-hybridized carbons (Fsp3) is 1.00. The van der Waals surface area contributed by atoms with Crippen molar-refractivity contribution in [3.8, 4) is 0 Å². The van der Waals surface area contributed by atoms with Gasteiger partial charge in [-0.2, -0.15) is 0 Å². The monoisotopic (exact) mass is 212 g/mol. The maximum Gasteiger partial charge on any atom is 0.0123 e. The van der Waals surface area contributed by atoms with Gasteiger partial charge in [-0.05, 0) is 52.1 Å². The summed E-state index contributed by atoms with van der Waals surface area (Å²) in [6, 6.07) is 0. The van der Waals surface area contributed by atoms with E-state index in [1.165, 1.54) is 38.9 Å². The summed E-state index contributed by atoms with van der Waals surface area (Å²) in [5.41, 5.74) is 0.309. The first-order valence-corrected chi connectivity index (χ1v) is 6.51. The summed E-state index contributed by atoms with van der Waals surface area (Å²) in [7, 11) is 0. The number of hydrogen-bond donors (Lipinski definition) is 1. The van der Waals surface area contributed by atoms with Crippen molar-refractivity contribution in [3.63, 3.8) is 0 Å². The Bertz CT molecular complexity index is 169. The van der Waals surface area contributed by atoms with Crippen molar-refractivity contribution in [3.05, 3.63) is 0 Å².